The largest absolute Gasteiger partial charge is 0.493 e. The van der Waals surface area contributed by atoms with Crippen LogP contribution in [0.15, 0.2) is 46.9 Å². The Morgan fingerprint density at radius 2 is 2.03 bits per heavy atom. The number of aromatic nitrogens is 1. The molecule has 1 atom stereocenters. The average Bonchev–Trinajstić information content (AvgIpc) is 3.31. The van der Waals surface area contributed by atoms with Crippen molar-refractivity contribution in [3.05, 3.63) is 70.6 Å². The predicted molar refractivity (Wildman–Crippen MR) is 115 cm³/mol. The second kappa shape index (κ2) is 8.74. The molecule has 0 aliphatic heterocycles. The van der Waals surface area contributed by atoms with Gasteiger partial charge in [0.1, 0.15) is 11.5 Å². The molecule has 156 valence electrons. The van der Waals surface area contributed by atoms with E-state index in [1.54, 1.807) is 0 Å². The summed E-state index contributed by atoms with van der Waals surface area (Å²) in [6, 6.07) is 14.3. The van der Waals surface area contributed by atoms with Crippen LogP contribution in [-0.2, 0) is 24.1 Å². The molecule has 5 heteroatoms. The minimum absolute atomic E-state index is 0.120. The van der Waals surface area contributed by atoms with Crippen molar-refractivity contribution in [1.29, 1.82) is 0 Å². The maximum absolute atomic E-state index is 11.0. The Labute approximate surface area is 176 Å². The van der Waals surface area contributed by atoms with E-state index in [1.165, 1.54) is 11.1 Å². The lowest BCUT2D eigenvalue weighted by Crippen LogP contribution is -2.04. The summed E-state index contributed by atoms with van der Waals surface area (Å²) in [4.78, 5) is 15.7. The first-order valence-electron chi connectivity index (χ1n) is 10.6. The van der Waals surface area contributed by atoms with E-state index < -0.39 is 5.97 Å². The van der Waals surface area contributed by atoms with E-state index in [-0.39, 0.29) is 12.3 Å². The third-order valence-corrected chi connectivity index (χ3v) is 5.85. The van der Waals surface area contributed by atoms with E-state index in [9.17, 15) is 4.79 Å². The van der Waals surface area contributed by atoms with Crippen LogP contribution in [0.3, 0.4) is 0 Å². The highest BCUT2D eigenvalue weighted by Crippen LogP contribution is 2.37. The highest BCUT2D eigenvalue weighted by Gasteiger charge is 2.24. The van der Waals surface area contributed by atoms with Gasteiger partial charge in [0.05, 0.1) is 18.7 Å². The topological polar surface area (TPSA) is 72.6 Å². The van der Waals surface area contributed by atoms with E-state index in [0.29, 0.717) is 18.9 Å². The number of benzene rings is 2. The van der Waals surface area contributed by atoms with Gasteiger partial charge in [0.15, 0.2) is 0 Å². The standard InChI is InChI=1S/C25H27NO4/c1-3-17-4-6-18(7-5-17)25-26-23(16(2)30-25)12-13-29-21-10-11-22-19(14-21)8-9-20(22)15-24(27)28/h4-7,10-11,14,20H,3,8-9,12-13,15H2,1-2H3,(H,27,28)/t20-/m0/s1. The Kier molecular flexibility index (Phi) is 5.88. The Morgan fingerprint density at radius 1 is 1.23 bits per heavy atom. The second-order valence-electron chi connectivity index (χ2n) is 7.86. The van der Waals surface area contributed by atoms with Gasteiger partial charge in [-0.15, -0.1) is 0 Å². The molecule has 1 aliphatic rings. The summed E-state index contributed by atoms with van der Waals surface area (Å²) in [6.45, 7) is 4.58. The normalized spacial score (nSPS) is 15.2. The van der Waals surface area contributed by atoms with Gasteiger partial charge in [-0.25, -0.2) is 4.98 Å². The number of hydrogen-bond donors (Lipinski definition) is 1. The number of aliphatic carboxylic acids is 1. The van der Waals surface area contributed by atoms with Crippen molar-refractivity contribution in [2.75, 3.05) is 6.61 Å². The smallest absolute Gasteiger partial charge is 0.303 e. The molecule has 3 aromatic rings. The fraction of sp³-hybridized carbons (Fsp3) is 0.360. The van der Waals surface area contributed by atoms with Gasteiger partial charge in [0.2, 0.25) is 5.89 Å². The van der Waals surface area contributed by atoms with Crippen LogP contribution in [0.4, 0.5) is 0 Å². The van der Waals surface area contributed by atoms with Crippen molar-refractivity contribution >= 4 is 5.97 Å². The lowest BCUT2D eigenvalue weighted by molar-refractivity contribution is -0.137. The summed E-state index contributed by atoms with van der Waals surface area (Å²) in [6.07, 6.45) is 3.68. The van der Waals surface area contributed by atoms with Crippen molar-refractivity contribution in [2.45, 2.75) is 51.9 Å². The third kappa shape index (κ3) is 4.40. The van der Waals surface area contributed by atoms with Gasteiger partial charge in [0, 0.05) is 12.0 Å². The molecular weight excluding hydrogens is 378 g/mol. The highest BCUT2D eigenvalue weighted by atomic mass is 16.5. The van der Waals surface area contributed by atoms with E-state index in [2.05, 4.69) is 24.0 Å². The molecule has 0 saturated heterocycles. The number of rotatable bonds is 8. The zero-order chi connectivity index (χ0) is 21.1. The van der Waals surface area contributed by atoms with E-state index in [0.717, 1.165) is 47.6 Å². The van der Waals surface area contributed by atoms with Gasteiger partial charge >= 0.3 is 5.97 Å². The molecule has 2 aromatic carbocycles. The van der Waals surface area contributed by atoms with Gasteiger partial charge in [-0.2, -0.15) is 0 Å². The molecule has 1 N–H and O–H groups in total. The van der Waals surface area contributed by atoms with Crippen molar-refractivity contribution in [2.24, 2.45) is 0 Å². The second-order valence-corrected chi connectivity index (χ2v) is 7.86. The van der Waals surface area contributed by atoms with Crippen LogP contribution in [0.25, 0.3) is 11.5 Å². The van der Waals surface area contributed by atoms with Crippen LogP contribution in [0.5, 0.6) is 5.75 Å². The van der Waals surface area contributed by atoms with E-state index in [4.69, 9.17) is 14.3 Å². The van der Waals surface area contributed by atoms with Crippen molar-refractivity contribution in [3.8, 4) is 17.2 Å². The minimum atomic E-state index is -0.739. The first-order chi connectivity index (χ1) is 14.5. The Bertz CT molecular complexity index is 1040. The number of aryl methyl sites for hydroxylation is 3. The Balaban J connectivity index is 1.37. The highest BCUT2D eigenvalue weighted by molar-refractivity contribution is 5.68. The van der Waals surface area contributed by atoms with Crippen molar-refractivity contribution < 1.29 is 19.1 Å². The molecule has 4 rings (SSSR count). The molecule has 1 heterocycles. The molecule has 30 heavy (non-hydrogen) atoms. The first-order valence-corrected chi connectivity index (χ1v) is 10.6. The number of ether oxygens (including phenoxy) is 1. The molecule has 0 unspecified atom stereocenters. The van der Waals surface area contributed by atoms with Crippen LogP contribution >= 0.6 is 0 Å². The molecule has 1 aromatic heterocycles. The number of carboxylic acid groups (broad SMARTS) is 1. The van der Waals surface area contributed by atoms with Gasteiger partial charge in [-0.3, -0.25) is 4.79 Å². The summed E-state index contributed by atoms with van der Waals surface area (Å²) < 4.78 is 11.8. The molecule has 0 amide bonds. The number of hydrogen-bond acceptors (Lipinski definition) is 4. The summed E-state index contributed by atoms with van der Waals surface area (Å²) in [5.74, 6) is 1.66. The average molecular weight is 405 g/mol. The maximum atomic E-state index is 11.0. The molecular formula is C25H27NO4. The summed E-state index contributed by atoms with van der Waals surface area (Å²) >= 11 is 0. The first kappa shape index (κ1) is 20.2. The van der Waals surface area contributed by atoms with E-state index >= 15 is 0 Å². The fourth-order valence-electron chi connectivity index (χ4n) is 4.13. The van der Waals surface area contributed by atoms with Crippen LogP contribution in [0, 0.1) is 6.92 Å². The summed E-state index contributed by atoms with van der Waals surface area (Å²) in [5, 5.41) is 9.06. The van der Waals surface area contributed by atoms with Gasteiger partial charge < -0.3 is 14.3 Å². The number of carbonyl (C=O) groups is 1. The SMILES string of the molecule is CCc1ccc(-c2nc(CCOc3ccc4c(c3)CC[C@H]4CC(=O)O)c(C)o2)cc1. The zero-order valence-corrected chi connectivity index (χ0v) is 17.5. The van der Waals surface area contributed by atoms with Gasteiger partial charge in [-0.1, -0.05) is 25.1 Å². The van der Waals surface area contributed by atoms with Gasteiger partial charge in [0.25, 0.3) is 0 Å². The summed E-state index contributed by atoms with van der Waals surface area (Å²) in [7, 11) is 0. The number of oxazole rings is 1. The quantitative estimate of drug-likeness (QED) is 0.548. The predicted octanol–water partition coefficient (Wildman–Crippen LogP) is 5.34. The molecule has 5 nitrogen and oxygen atoms in total. The third-order valence-electron chi connectivity index (χ3n) is 5.85. The van der Waals surface area contributed by atoms with Gasteiger partial charge in [-0.05, 0) is 73.1 Å². The van der Waals surface area contributed by atoms with Crippen molar-refractivity contribution in [1.82, 2.24) is 4.98 Å². The minimum Gasteiger partial charge on any atom is -0.493 e. The fourth-order valence-corrected chi connectivity index (χ4v) is 4.13. The molecule has 0 spiro atoms. The number of carboxylic acids is 1. The number of nitrogens with zero attached hydrogens (tertiary/aromatic N) is 1. The lowest BCUT2D eigenvalue weighted by Gasteiger charge is -2.10. The Morgan fingerprint density at radius 3 is 2.77 bits per heavy atom. The van der Waals surface area contributed by atoms with Crippen LogP contribution in [-0.4, -0.2) is 22.7 Å². The molecule has 0 bridgehead atoms. The van der Waals surface area contributed by atoms with Crippen LogP contribution in [0.1, 0.15) is 53.8 Å². The van der Waals surface area contributed by atoms with E-state index in [1.807, 2.05) is 37.3 Å². The molecule has 0 fully saturated rings. The Hall–Kier alpha value is -3.08. The number of fused-ring (bicyclic) bond motifs is 1. The van der Waals surface area contributed by atoms with Crippen LogP contribution in [0.2, 0.25) is 0 Å². The monoisotopic (exact) mass is 405 g/mol. The van der Waals surface area contributed by atoms with Crippen molar-refractivity contribution in [3.63, 3.8) is 0 Å². The molecule has 0 saturated carbocycles. The molecule has 1 aliphatic carbocycles. The van der Waals surface area contributed by atoms with Crippen LogP contribution < -0.4 is 4.74 Å². The maximum Gasteiger partial charge on any atom is 0.303 e. The molecule has 0 radical (unpaired) electrons. The summed E-state index contributed by atoms with van der Waals surface area (Å²) in [5.41, 5.74) is 5.54. The lowest BCUT2D eigenvalue weighted by atomic mass is 9.98. The zero-order valence-electron chi connectivity index (χ0n) is 17.5.